The Morgan fingerprint density at radius 3 is 2.44 bits per heavy atom. The molecule has 0 aliphatic rings. The van der Waals surface area contributed by atoms with Gasteiger partial charge in [0.15, 0.2) is 0 Å². The van der Waals surface area contributed by atoms with E-state index in [-0.39, 0.29) is 0 Å². The molecule has 0 unspecified atom stereocenters. The van der Waals surface area contributed by atoms with Gasteiger partial charge in [0, 0.05) is 24.7 Å². The Kier molecular flexibility index (Phi) is 6.63. The first-order valence-corrected chi connectivity index (χ1v) is 9.34. The van der Waals surface area contributed by atoms with Gasteiger partial charge in [-0.05, 0) is 24.5 Å². The molecule has 3 rings (SSSR count). The van der Waals surface area contributed by atoms with E-state index in [0.29, 0.717) is 5.95 Å². The molecule has 2 aromatic carbocycles. The Bertz CT molecular complexity index is 852. The van der Waals surface area contributed by atoms with Gasteiger partial charge >= 0.3 is 0 Å². The minimum atomic E-state index is 0.651. The highest BCUT2D eigenvalue weighted by atomic mass is 16.5. The van der Waals surface area contributed by atoms with Gasteiger partial charge in [-0.3, -0.25) is 0 Å². The van der Waals surface area contributed by atoms with Crippen LogP contribution >= 0.6 is 0 Å². The summed E-state index contributed by atoms with van der Waals surface area (Å²) in [6, 6.07) is 20.2. The van der Waals surface area contributed by atoms with Gasteiger partial charge in [0.2, 0.25) is 5.95 Å². The predicted molar refractivity (Wildman–Crippen MR) is 111 cm³/mol. The molecule has 140 valence electrons. The second-order valence-corrected chi connectivity index (χ2v) is 6.24. The molecule has 2 N–H and O–H groups in total. The van der Waals surface area contributed by atoms with Gasteiger partial charge in [0.25, 0.3) is 0 Å². The van der Waals surface area contributed by atoms with Crippen LogP contribution < -0.4 is 15.4 Å². The molecule has 0 spiro atoms. The molecule has 5 heteroatoms. The number of benzene rings is 2. The highest BCUT2D eigenvalue weighted by Gasteiger charge is 2.07. The summed E-state index contributed by atoms with van der Waals surface area (Å²) in [5.41, 5.74) is 3.16. The molecule has 0 amide bonds. The number of rotatable bonds is 9. The molecule has 0 saturated heterocycles. The van der Waals surface area contributed by atoms with E-state index >= 15 is 0 Å². The first-order chi connectivity index (χ1) is 13.3. The summed E-state index contributed by atoms with van der Waals surface area (Å²) in [6.07, 6.45) is 1.88. The van der Waals surface area contributed by atoms with E-state index in [1.165, 1.54) is 5.56 Å². The van der Waals surface area contributed by atoms with Gasteiger partial charge in [-0.1, -0.05) is 55.5 Å². The van der Waals surface area contributed by atoms with E-state index in [1.807, 2.05) is 42.5 Å². The summed E-state index contributed by atoms with van der Waals surface area (Å²) in [5, 5.41) is 6.71. The van der Waals surface area contributed by atoms with E-state index < -0.39 is 0 Å². The maximum Gasteiger partial charge on any atom is 0.225 e. The fraction of sp³-hybridized carbons (Fsp3) is 0.273. The van der Waals surface area contributed by atoms with E-state index in [4.69, 9.17) is 4.74 Å². The zero-order chi connectivity index (χ0) is 18.9. The molecule has 0 saturated carbocycles. The second kappa shape index (κ2) is 9.57. The lowest BCUT2D eigenvalue weighted by atomic mass is 10.1. The van der Waals surface area contributed by atoms with Crippen LogP contribution in [0.1, 0.15) is 18.9 Å². The molecule has 0 fully saturated rings. The smallest absolute Gasteiger partial charge is 0.225 e. The van der Waals surface area contributed by atoms with Gasteiger partial charge in [-0.15, -0.1) is 0 Å². The van der Waals surface area contributed by atoms with Crippen LogP contribution in [0.15, 0.2) is 60.7 Å². The van der Waals surface area contributed by atoms with E-state index in [2.05, 4.69) is 45.7 Å². The van der Waals surface area contributed by atoms with Crippen molar-refractivity contribution >= 4 is 11.8 Å². The van der Waals surface area contributed by atoms with Crippen molar-refractivity contribution in [3.8, 4) is 17.0 Å². The number of para-hydroxylation sites is 1. The zero-order valence-electron chi connectivity index (χ0n) is 15.9. The number of hydrogen-bond donors (Lipinski definition) is 2. The van der Waals surface area contributed by atoms with Crippen molar-refractivity contribution < 1.29 is 4.74 Å². The standard InChI is InChI=1S/C22H26N4O/c1-3-14-24-22-25-19(17-9-5-4-6-10-17)16-21(26-22)23-15-13-18-11-7-8-12-20(18)27-2/h4-12,16H,3,13-15H2,1-2H3,(H2,23,24,25,26). The third kappa shape index (κ3) is 5.20. The zero-order valence-corrected chi connectivity index (χ0v) is 15.9. The molecule has 1 aromatic heterocycles. The Hall–Kier alpha value is -3.08. The first kappa shape index (κ1) is 18.7. The molecule has 0 aliphatic heterocycles. The predicted octanol–water partition coefficient (Wildman–Crippen LogP) is 4.63. The van der Waals surface area contributed by atoms with Crippen molar-refractivity contribution in [3.05, 3.63) is 66.2 Å². The highest BCUT2D eigenvalue weighted by Crippen LogP contribution is 2.22. The number of aromatic nitrogens is 2. The average molecular weight is 362 g/mol. The third-order valence-electron chi connectivity index (χ3n) is 4.22. The summed E-state index contributed by atoms with van der Waals surface area (Å²) >= 11 is 0. The SMILES string of the molecule is CCCNc1nc(NCCc2ccccc2OC)cc(-c2ccccc2)n1. The van der Waals surface area contributed by atoms with Crippen molar-refractivity contribution in [2.24, 2.45) is 0 Å². The van der Waals surface area contributed by atoms with Gasteiger partial charge < -0.3 is 15.4 Å². The van der Waals surface area contributed by atoms with Gasteiger partial charge in [0.1, 0.15) is 11.6 Å². The molecular formula is C22H26N4O. The third-order valence-corrected chi connectivity index (χ3v) is 4.22. The molecule has 0 bridgehead atoms. The van der Waals surface area contributed by atoms with Gasteiger partial charge in [-0.25, -0.2) is 4.98 Å². The number of nitrogens with zero attached hydrogens (tertiary/aromatic N) is 2. The molecule has 3 aromatic rings. The number of methoxy groups -OCH3 is 1. The van der Waals surface area contributed by atoms with Crippen LogP contribution in [0.25, 0.3) is 11.3 Å². The van der Waals surface area contributed by atoms with E-state index in [0.717, 1.165) is 48.8 Å². The molecule has 5 nitrogen and oxygen atoms in total. The molecule has 0 radical (unpaired) electrons. The topological polar surface area (TPSA) is 59.1 Å². The normalized spacial score (nSPS) is 10.4. The van der Waals surface area contributed by atoms with Crippen LogP contribution in [-0.4, -0.2) is 30.2 Å². The summed E-state index contributed by atoms with van der Waals surface area (Å²) in [4.78, 5) is 9.26. The van der Waals surface area contributed by atoms with Crippen LogP contribution in [0.4, 0.5) is 11.8 Å². The van der Waals surface area contributed by atoms with E-state index in [1.54, 1.807) is 7.11 Å². The summed E-state index contributed by atoms with van der Waals surface area (Å²) in [6.45, 7) is 3.73. The Morgan fingerprint density at radius 2 is 1.67 bits per heavy atom. The maximum atomic E-state index is 5.43. The Balaban J connectivity index is 1.75. The molecule has 1 heterocycles. The number of ether oxygens (including phenoxy) is 1. The van der Waals surface area contributed by atoms with Crippen LogP contribution in [0.5, 0.6) is 5.75 Å². The van der Waals surface area contributed by atoms with Crippen LogP contribution in [0.3, 0.4) is 0 Å². The van der Waals surface area contributed by atoms with Crippen LogP contribution in [0, 0.1) is 0 Å². The second-order valence-electron chi connectivity index (χ2n) is 6.24. The summed E-state index contributed by atoms with van der Waals surface area (Å²) in [7, 11) is 1.70. The Labute approximate surface area is 160 Å². The first-order valence-electron chi connectivity index (χ1n) is 9.34. The largest absolute Gasteiger partial charge is 0.496 e. The minimum Gasteiger partial charge on any atom is -0.496 e. The molecule has 0 atom stereocenters. The fourth-order valence-electron chi connectivity index (χ4n) is 2.85. The monoisotopic (exact) mass is 362 g/mol. The van der Waals surface area contributed by atoms with Crippen molar-refractivity contribution in [2.45, 2.75) is 19.8 Å². The van der Waals surface area contributed by atoms with Crippen LogP contribution in [0.2, 0.25) is 0 Å². The van der Waals surface area contributed by atoms with Crippen molar-refractivity contribution in [1.82, 2.24) is 9.97 Å². The number of nitrogens with one attached hydrogen (secondary N) is 2. The summed E-state index contributed by atoms with van der Waals surface area (Å²) in [5.74, 6) is 2.38. The highest BCUT2D eigenvalue weighted by molar-refractivity contribution is 5.64. The summed E-state index contributed by atoms with van der Waals surface area (Å²) < 4.78 is 5.43. The van der Waals surface area contributed by atoms with Crippen LogP contribution in [-0.2, 0) is 6.42 Å². The lowest BCUT2D eigenvalue weighted by Crippen LogP contribution is -2.10. The van der Waals surface area contributed by atoms with E-state index in [9.17, 15) is 0 Å². The molecule has 0 aliphatic carbocycles. The van der Waals surface area contributed by atoms with Gasteiger partial charge in [0.05, 0.1) is 12.8 Å². The lowest BCUT2D eigenvalue weighted by Gasteiger charge is -2.12. The number of anilines is 2. The molecule has 27 heavy (non-hydrogen) atoms. The van der Waals surface area contributed by atoms with Crippen molar-refractivity contribution in [3.63, 3.8) is 0 Å². The molecular weight excluding hydrogens is 336 g/mol. The quantitative estimate of drug-likeness (QED) is 0.581. The Morgan fingerprint density at radius 1 is 0.889 bits per heavy atom. The average Bonchev–Trinajstić information content (AvgIpc) is 2.73. The lowest BCUT2D eigenvalue weighted by molar-refractivity contribution is 0.410. The van der Waals surface area contributed by atoms with Crippen molar-refractivity contribution in [2.75, 3.05) is 30.8 Å². The fourth-order valence-corrected chi connectivity index (χ4v) is 2.85. The number of hydrogen-bond acceptors (Lipinski definition) is 5. The van der Waals surface area contributed by atoms with Crippen molar-refractivity contribution in [1.29, 1.82) is 0 Å². The van der Waals surface area contributed by atoms with Gasteiger partial charge in [-0.2, -0.15) is 4.98 Å². The minimum absolute atomic E-state index is 0.651. The maximum absolute atomic E-state index is 5.43.